The molecule has 0 unspecified atom stereocenters. The number of hydrogen-bond donors (Lipinski definition) is 3. The third kappa shape index (κ3) is 8.82. The summed E-state index contributed by atoms with van der Waals surface area (Å²) in [5.74, 6) is -1.34. The zero-order valence-corrected chi connectivity index (χ0v) is 10.0. The largest absolute Gasteiger partial charge is 1.00 e. The second kappa shape index (κ2) is 8.33. The Morgan fingerprint density at radius 3 is 2.42 bits per heavy atom. The summed E-state index contributed by atoms with van der Waals surface area (Å²) >= 11 is 0. The van der Waals surface area contributed by atoms with Crippen molar-refractivity contribution in [1.29, 1.82) is 0 Å². The van der Waals surface area contributed by atoms with Crippen LogP contribution in [0.1, 0.15) is 0 Å². The van der Waals surface area contributed by atoms with Gasteiger partial charge in [-0.25, -0.2) is 0 Å². The molecule has 0 aromatic rings. The summed E-state index contributed by atoms with van der Waals surface area (Å²) in [7, 11) is 0. The molecule has 0 aliphatic carbocycles. The maximum Gasteiger partial charge on any atom is 1.00 e. The van der Waals surface area contributed by atoms with Gasteiger partial charge >= 0.3 is 51.4 Å². The first-order valence-corrected chi connectivity index (χ1v) is 3.00. The van der Waals surface area contributed by atoms with Gasteiger partial charge in [-0.2, -0.15) is 0 Å². The van der Waals surface area contributed by atoms with Crippen LogP contribution in [0, 0.1) is 0 Å². The molecule has 64 valence electrons. The van der Waals surface area contributed by atoms with Gasteiger partial charge in [0.1, 0.15) is 0 Å². The normalized spacial score (nSPS) is 9.25. The first kappa shape index (κ1) is 15.2. The number of aliphatic hydroxyl groups is 2. The number of carbonyl (C=O) groups excluding carboxylic acids is 1. The molecular formula is C6H10KNO4. The molecule has 0 heterocycles. The summed E-state index contributed by atoms with van der Waals surface area (Å²) in [5.41, 5.74) is -0.120. The molecule has 0 spiro atoms. The molecule has 3 N–H and O–H groups in total. The first-order chi connectivity index (χ1) is 5.04. The van der Waals surface area contributed by atoms with E-state index >= 15 is 0 Å². The molecule has 0 aromatic carbocycles. The zero-order chi connectivity index (χ0) is 8.85. The van der Waals surface area contributed by atoms with E-state index in [1.165, 1.54) is 0 Å². The monoisotopic (exact) mass is 199 g/mol. The molecule has 0 amide bonds. The summed E-state index contributed by atoms with van der Waals surface area (Å²) in [6, 6.07) is 0. The zero-order valence-electron chi connectivity index (χ0n) is 6.91. The van der Waals surface area contributed by atoms with Crippen molar-refractivity contribution in [3.63, 3.8) is 0 Å². The van der Waals surface area contributed by atoms with Crippen LogP contribution in [-0.2, 0) is 4.79 Å². The van der Waals surface area contributed by atoms with E-state index in [9.17, 15) is 9.90 Å². The molecule has 0 aliphatic heterocycles. The van der Waals surface area contributed by atoms with E-state index in [4.69, 9.17) is 10.2 Å². The summed E-state index contributed by atoms with van der Waals surface area (Å²) in [5, 5.41) is 29.1. The van der Waals surface area contributed by atoms with Crippen LogP contribution in [-0.4, -0.2) is 35.6 Å². The van der Waals surface area contributed by atoms with E-state index in [1.54, 1.807) is 0 Å². The van der Waals surface area contributed by atoms with Gasteiger partial charge in [0.05, 0.1) is 5.97 Å². The van der Waals surface area contributed by atoms with Gasteiger partial charge in [0.25, 0.3) is 0 Å². The molecular weight excluding hydrogens is 189 g/mol. The number of carboxylic acid groups (broad SMARTS) is 1. The van der Waals surface area contributed by atoms with Crippen LogP contribution in [0.15, 0.2) is 12.2 Å². The molecule has 12 heavy (non-hydrogen) atoms. The number of aliphatic carboxylic acids is 1. The minimum Gasteiger partial charge on any atom is -0.545 e. The Labute approximate surface area is 113 Å². The van der Waals surface area contributed by atoms with Crippen molar-refractivity contribution in [2.75, 3.05) is 13.1 Å². The average molecular weight is 199 g/mol. The van der Waals surface area contributed by atoms with Crippen molar-refractivity contribution in [2.45, 2.75) is 6.29 Å². The standard InChI is InChI=1S/C6H11NO4.K/c1-4(6(10)11)2-7-3-5(8)9;/h5,7-9H,1-3H2,(H,10,11);/q;+1/p-1. The fraction of sp³-hybridized carbons (Fsp3) is 0.500. The van der Waals surface area contributed by atoms with Gasteiger partial charge in [0.15, 0.2) is 6.29 Å². The van der Waals surface area contributed by atoms with Crippen LogP contribution >= 0.6 is 0 Å². The molecule has 5 nitrogen and oxygen atoms in total. The van der Waals surface area contributed by atoms with Gasteiger partial charge in [0, 0.05) is 13.1 Å². The number of aliphatic hydroxyl groups excluding tert-OH is 1. The van der Waals surface area contributed by atoms with Crippen molar-refractivity contribution in [1.82, 2.24) is 5.32 Å². The summed E-state index contributed by atoms with van der Waals surface area (Å²) in [4.78, 5) is 10.00. The number of rotatable bonds is 5. The van der Waals surface area contributed by atoms with E-state index in [2.05, 4.69) is 11.9 Å². The topological polar surface area (TPSA) is 92.6 Å². The summed E-state index contributed by atoms with van der Waals surface area (Å²) in [6.07, 6.45) is -1.48. The Kier molecular flexibility index (Phi) is 10.6. The van der Waals surface area contributed by atoms with Crippen LogP contribution < -0.4 is 61.8 Å². The van der Waals surface area contributed by atoms with E-state index in [0.717, 1.165) is 0 Å². The molecule has 0 aromatic heterocycles. The van der Waals surface area contributed by atoms with E-state index in [0.29, 0.717) is 0 Å². The number of nitrogens with one attached hydrogen (secondary N) is 1. The van der Waals surface area contributed by atoms with Gasteiger partial charge in [-0.15, -0.1) is 0 Å². The number of carbonyl (C=O) groups is 1. The van der Waals surface area contributed by atoms with Gasteiger partial charge in [-0.1, -0.05) is 6.58 Å². The molecule has 0 rings (SSSR count). The van der Waals surface area contributed by atoms with Crippen LogP contribution in [0.2, 0.25) is 0 Å². The van der Waals surface area contributed by atoms with E-state index in [-0.39, 0.29) is 70.0 Å². The van der Waals surface area contributed by atoms with Gasteiger partial charge < -0.3 is 25.4 Å². The summed E-state index contributed by atoms with van der Waals surface area (Å²) in [6.45, 7) is 3.06. The molecule has 6 heteroatoms. The SMILES string of the molecule is C=C(CNCC(O)O)C(=O)[O-].[K+]. The van der Waals surface area contributed by atoms with Crippen LogP contribution in [0.3, 0.4) is 0 Å². The van der Waals surface area contributed by atoms with Crippen molar-refractivity contribution >= 4 is 5.97 Å². The van der Waals surface area contributed by atoms with Crippen molar-refractivity contribution in [2.24, 2.45) is 0 Å². The van der Waals surface area contributed by atoms with Crippen LogP contribution in [0.25, 0.3) is 0 Å². The fourth-order valence-corrected chi connectivity index (χ4v) is 0.424. The molecule has 0 saturated heterocycles. The minimum atomic E-state index is -1.48. The predicted octanol–water partition coefficient (Wildman–Crippen LogP) is -5.80. The average Bonchev–Trinajstić information content (AvgIpc) is 1.86. The molecule has 0 bridgehead atoms. The van der Waals surface area contributed by atoms with E-state index in [1.807, 2.05) is 0 Å². The number of hydrogen-bond acceptors (Lipinski definition) is 5. The Morgan fingerprint density at radius 2 is 2.08 bits per heavy atom. The van der Waals surface area contributed by atoms with Gasteiger partial charge in [0.2, 0.25) is 0 Å². The van der Waals surface area contributed by atoms with Gasteiger partial charge in [-0.05, 0) is 5.57 Å². The van der Waals surface area contributed by atoms with E-state index < -0.39 is 12.3 Å². The molecule has 0 fully saturated rings. The molecule has 0 atom stereocenters. The predicted molar refractivity (Wildman–Crippen MR) is 35.2 cm³/mol. The fourth-order valence-electron chi connectivity index (χ4n) is 0.424. The Bertz CT molecular complexity index is 160. The second-order valence-electron chi connectivity index (χ2n) is 2.00. The van der Waals surface area contributed by atoms with Crippen molar-refractivity contribution < 1.29 is 71.5 Å². The smallest absolute Gasteiger partial charge is 0.545 e. The van der Waals surface area contributed by atoms with Crippen LogP contribution in [0.5, 0.6) is 0 Å². The summed E-state index contributed by atoms with van der Waals surface area (Å²) < 4.78 is 0. The van der Waals surface area contributed by atoms with Gasteiger partial charge in [-0.3, -0.25) is 0 Å². The second-order valence-corrected chi connectivity index (χ2v) is 2.00. The maximum absolute atomic E-state index is 10.00. The number of carboxylic acids is 1. The Hall–Kier alpha value is 0.726. The van der Waals surface area contributed by atoms with Crippen molar-refractivity contribution in [3.05, 3.63) is 12.2 Å². The first-order valence-electron chi connectivity index (χ1n) is 3.00. The third-order valence-corrected chi connectivity index (χ3v) is 0.954. The molecule has 0 aliphatic rings. The minimum absolute atomic E-state index is 0. The maximum atomic E-state index is 10.00. The Morgan fingerprint density at radius 1 is 1.58 bits per heavy atom. The van der Waals surface area contributed by atoms with Crippen molar-refractivity contribution in [3.8, 4) is 0 Å². The van der Waals surface area contributed by atoms with Crippen LogP contribution in [0.4, 0.5) is 0 Å². The third-order valence-electron chi connectivity index (χ3n) is 0.954. The Balaban J connectivity index is 0. The molecule has 0 saturated carbocycles. The molecule has 0 radical (unpaired) electrons. The quantitative estimate of drug-likeness (QED) is 0.233.